The molecule has 0 aromatic heterocycles. The lowest BCUT2D eigenvalue weighted by Gasteiger charge is -2.32. The SMILES string of the molecule is COc1cc([Si](Cl)(c2cc(OC)c(C)cc2OC)c2cc(OC)c(C)cc2OC)c(OC)cc1C. The van der Waals surface area contributed by atoms with Gasteiger partial charge in [0, 0.05) is 15.6 Å². The lowest BCUT2D eigenvalue weighted by Crippen LogP contribution is -2.63. The van der Waals surface area contributed by atoms with Crippen molar-refractivity contribution in [3.8, 4) is 34.5 Å². The van der Waals surface area contributed by atoms with E-state index in [9.17, 15) is 0 Å². The summed E-state index contributed by atoms with van der Waals surface area (Å²) in [6, 6.07) is 11.7. The Morgan fingerprint density at radius 3 is 0.857 bits per heavy atom. The molecule has 0 N–H and O–H groups in total. The second-order valence-electron chi connectivity index (χ2n) is 8.22. The van der Waals surface area contributed by atoms with E-state index in [0.717, 1.165) is 32.3 Å². The summed E-state index contributed by atoms with van der Waals surface area (Å²) in [5.74, 6) is 4.05. The van der Waals surface area contributed by atoms with Crippen LogP contribution in [-0.2, 0) is 0 Å². The lowest BCUT2D eigenvalue weighted by atomic mass is 10.2. The molecule has 35 heavy (non-hydrogen) atoms. The first kappa shape index (κ1) is 26.6. The van der Waals surface area contributed by atoms with E-state index in [-0.39, 0.29) is 0 Å². The number of hydrogen-bond acceptors (Lipinski definition) is 6. The van der Waals surface area contributed by atoms with Gasteiger partial charge in [-0.05, 0) is 73.9 Å². The van der Waals surface area contributed by atoms with Crippen molar-refractivity contribution in [3.63, 3.8) is 0 Å². The van der Waals surface area contributed by atoms with Crippen LogP contribution >= 0.6 is 11.1 Å². The van der Waals surface area contributed by atoms with Gasteiger partial charge in [-0.15, -0.1) is 11.1 Å². The molecular formula is C27H33ClO6Si. The molecule has 0 aliphatic heterocycles. The Hall–Kier alpha value is -3.03. The van der Waals surface area contributed by atoms with Crippen LogP contribution in [0, 0.1) is 20.8 Å². The number of halogens is 1. The van der Waals surface area contributed by atoms with E-state index < -0.39 is 7.38 Å². The Kier molecular flexibility index (Phi) is 8.13. The molecule has 0 spiro atoms. The number of rotatable bonds is 9. The first-order valence-corrected chi connectivity index (χ1v) is 14.1. The zero-order valence-corrected chi connectivity index (χ0v) is 23.5. The van der Waals surface area contributed by atoms with Crippen molar-refractivity contribution >= 4 is 34.0 Å². The average Bonchev–Trinajstić information content (AvgIpc) is 2.87. The highest BCUT2D eigenvalue weighted by atomic mass is 35.6. The largest absolute Gasteiger partial charge is 0.497 e. The third kappa shape index (κ3) is 4.62. The van der Waals surface area contributed by atoms with Crippen molar-refractivity contribution in [2.24, 2.45) is 0 Å². The molecule has 0 unspecified atom stereocenters. The van der Waals surface area contributed by atoms with E-state index in [1.807, 2.05) is 57.2 Å². The Morgan fingerprint density at radius 2 is 0.657 bits per heavy atom. The molecule has 0 bridgehead atoms. The van der Waals surface area contributed by atoms with E-state index in [1.54, 1.807) is 42.7 Å². The predicted molar refractivity (Wildman–Crippen MR) is 143 cm³/mol. The minimum atomic E-state index is -3.43. The van der Waals surface area contributed by atoms with Gasteiger partial charge in [-0.1, -0.05) is 0 Å². The van der Waals surface area contributed by atoms with Crippen molar-refractivity contribution in [1.82, 2.24) is 0 Å². The van der Waals surface area contributed by atoms with Crippen LogP contribution in [0.25, 0.3) is 0 Å². The van der Waals surface area contributed by atoms with Crippen LogP contribution in [0.5, 0.6) is 34.5 Å². The fourth-order valence-corrected chi connectivity index (χ4v) is 9.12. The maximum absolute atomic E-state index is 7.94. The molecule has 0 aliphatic rings. The average molecular weight is 517 g/mol. The van der Waals surface area contributed by atoms with E-state index in [4.69, 9.17) is 39.5 Å². The molecule has 0 atom stereocenters. The molecule has 6 nitrogen and oxygen atoms in total. The van der Waals surface area contributed by atoms with Gasteiger partial charge in [0.25, 0.3) is 7.38 Å². The van der Waals surface area contributed by atoms with Crippen molar-refractivity contribution in [1.29, 1.82) is 0 Å². The van der Waals surface area contributed by atoms with Gasteiger partial charge < -0.3 is 28.4 Å². The van der Waals surface area contributed by atoms with E-state index >= 15 is 0 Å². The van der Waals surface area contributed by atoms with Gasteiger partial charge in [0.15, 0.2) is 0 Å². The zero-order valence-electron chi connectivity index (χ0n) is 21.8. The topological polar surface area (TPSA) is 55.4 Å². The predicted octanol–water partition coefficient (Wildman–Crippen LogP) is 3.87. The van der Waals surface area contributed by atoms with Crippen LogP contribution in [0.15, 0.2) is 36.4 Å². The van der Waals surface area contributed by atoms with Crippen LogP contribution in [0.4, 0.5) is 0 Å². The third-order valence-electron chi connectivity index (χ3n) is 6.26. The summed E-state index contributed by atoms with van der Waals surface area (Å²) < 4.78 is 34.7. The van der Waals surface area contributed by atoms with Crippen molar-refractivity contribution in [2.45, 2.75) is 20.8 Å². The second kappa shape index (κ2) is 10.7. The summed E-state index contributed by atoms with van der Waals surface area (Å²) in [6.07, 6.45) is 0. The molecule has 0 radical (unpaired) electrons. The molecule has 0 amide bonds. The van der Waals surface area contributed by atoms with Gasteiger partial charge in [-0.2, -0.15) is 0 Å². The molecule has 0 saturated heterocycles. The second-order valence-corrected chi connectivity index (χ2v) is 12.9. The quantitative estimate of drug-likeness (QED) is 0.244. The highest BCUT2D eigenvalue weighted by Gasteiger charge is 2.46. The van der Waals surface area contributed by atoms with Gasteiger partial charge in [-0.3, -0.25) is 0 Å². The summed E-state index contributed by atoms with van der Waals surface area (Å²) in [7, 11) is 6.40. The number of methoxy groups -OCH3 is 6. The molecular weight excluding hydrogens is 484 g/mol. The smallest absolute Gasteiger partial charge is 0.259 e. The summed E-state index contributed by atoms with van der Waals surface area (Å²) in [5.41, 5.74) is 2.80. The standard InChI is InChI=1S/C27H33ClO6Si/c1-16-10-22(32-7)25(13-19(16)29-4)35(28,26-14-20(30-5)17(2)11-23(26)33-8)27-15-21(31-6)18(3)12-24(27)34-9/h10-15H,1-9H3. The molecule has 3 aromatic rings. The van der Waals surface area contributed by atoms with Crippen molar-refractivity contribution in [3.05, 3.63) is 53.1 Å². The molecule has 0 aliphatic carbocycles. The van der Waals surface area contributed by atoms with Crippen LogP contribution in [0.1, 0.15) is 16.7 Å². The molecule has 188 valence electrons. The molecule has 3 rings (SSSR count). The minimum Gasteiger partial charge on any atom is -0.497 e. The number of benzene rings is 3. The van der Waals surface area contributed by atoms with Crippen LogP contribution in [-0.4, -0.2) is 50.0 Å². The highest BCUT2D eigenvalue weighted by Crippen LogP contribution is 2.33. The third-order valence-corrected chi connectivity index (χ3v) is 11.5. The Morgan fingerprint density at radius 1 is 0.429 bits per heavy atom. The molecule has 3 aromatic carbocycles. The first-order chi connectivity index (χ1) is 16.7. The fourth-order valence-electron chi connectivity index (χ4n) is 4.39. The summed E-state index contributed by atoms with van der Waals surface area (Å²) in [4.78, 5) is 0. The number of ether oxygens (including phenoxy) is 6. The Labute approximate surface area is 213 Å². The van der Waals surface area contributed by atoms with E-state index in [1.165, 1.54) is 0 Å². The van der Waals surface area contributed by atoms with Gasteiger partial charge in [-0.25, -0.2) is 0 Å². The summed E-state index contributed by atoms with van der Waals surface area (Å²) >= 11 is 7.94. The number of aryl methyl sites for hydroxylation is 3. The van der Waals surface area contributed by atoms with E-state index in [2.05, 4.69) is 0 Å². The van der Waals surface area contributed by atoms with Crippen LogP contribution in [0.2, 0.25) is 0 Å². The molecule has 0 fully saturated rings. The lowest BCUT2D eigenvalue weighted by molar-refractivity contribution is 0.401. The van der Waals surface area contributed by atoms with Crippen LogP contribution in [0.3, 0.4) is 0 Å². The van der Waals surface area contributed by atoms with Crippen molar-refractivity contribution < 1.29 is 28.4 Å². The first-order valence-electron chi connectivity index (χ1n) is 11.1. The summed E-state index contributed by atoms with van der Waals surface area (Å²) in [5, 5.41) is 2.37. The van der Waals surface area contributed by atoms with Gasteiger partial charge >= 0.3 is 0 Å². The fraction of sp³-hybridized carbons (Fsp3) is 0.333. The van der Waals surface area contributed by atoms with Gasteiger partial charge in [0.1, 0.15) is 34.5 Å². The molecule has 0 saturated carbocycles. The van der Waals surface area contributed by atoms with Gasteiger partial charge in [0.05, 0.1) is 42.7 Å². The highest BCUT2D eigenvalue weighted by molar-refractivity contribution is 7.41. The zero-order chi connectivity index (χ0) is 25.9. The maximum Gasteiger partial charge on any atom is 0.259 e. The van der Waals surface area contributed by atoms with Crippen LogP contribution < -0.4 is 44.0 Å². The Bertz CT molecular complexity index is 1080. The van der Waals surface area contributed by atoms with E-state index in [0.29, 0.717) is 34.5 Å². The molecule has 0 heterocycles. The van der Waals surface area contributed by atoms with Gasteiger partial charge in [0.2, 0.25) is 0 Å². The monoisotopic (exact) mass is 516 g/mol. The summed E-state index contributed by atoms with van der Waals surface area (Å²) in [6.45, 7) is 5.90. The van der Waals surface area contributed by atoms with Crippen molar-refractivity contribution in [2.75, 3.05) is 42.7 Å². The Balaban J connectivity index is 2.58. The molecule has 8 heteroatoms. The minimum absolute atomic E-state index is 0.646. The maximum atomic E-state index is 7.94. The normalized spacial score (nSPS) is 11.1. The number of hydrogen-bond donors (Lipinski definition) is 0.